The van der Waals surface area contributed by atoms with Crippen molar-refractivity contribution in [2.75, 3.05) is 26.3 Å². The number of aliphatic hydroxyl groups is 2. The third-order valence-electron chi connectivity index (χ3n) is 2.78. The second-order valence-electron chi connectivity index (χ2n) is 4.17. The van der Waals surface area contributed by atoms with Crippen molar-refractivity contribution in [3.05, 3.63) is 29.6 Å². The number of halogens is 1. The third-order valence-corrected chi connectivity index (χ3v) is 4.81. The number of aliphatic hydroxyl groups excluding tert-OH is 2. The summed E-state index contributed by atoms with van der Waals surface area (Å²) in [6, 6.07) is 3.24. The highest BCUT2D eigenvalue weighted by atomic mass is 32.2. The average molecular weight is 315 g/mol. The molecule has 5 nitrogen and oxygen atoms in total. The predicted octanol–water partition coefficient (Wildman–Crippen LogP) is 0.562. The zero-order valence-electron chi connectivity index (χ0n) is 11.7. The summed E-state index contributed by atoms with van der Waals surface area (Å²) in [6.07, 6.45) is 0.311. The Labute approximate surface area is 124 Å². The summed E-state index contributed by atoms with van der Waals surface area (Å²) < 4.78 is 39.6. The highest BCUT2D eigenvalue weighted by Gasteiger charge is 2.25. The lowest BCUT2D eigenvalue weighted by molar-refractivity contribution is 0.271. The molecule has 0 fully saturated rings. The van der Waals surface area contributed by atoms with Crippen LogP contribution in [0.4, 0.5) is 4.39 Å². The molecular formula is C14H18FNO4S. The van der Waals surface area contributed by atoms with Crippen molar-refractivity contribution in [3.8, 4) is 11.8 Å². The first-order valence-corrected chi connectivity index (χ1v) is 7.91. The highest BCUT2D eigenvalue weighted by Crippen LogP contribution is 2.21. The SMILES string of the molecule is CCN(CCCO)S(=O)(=O)c1ccc(F)cc1C#CCO. The molecule has 2 N–H and O–H groups in total. The lowest BCUT2D eigenvalue weighted by Crippen LogP contribution is -2.32. The van der Waals surface area contributed by atoms with E-state index in [9.17, 15) is 12.8 Å². The van der Waals surface area contributed by atoms with Crippen molar-refractivity contribution in [2.24, 2.45) is 0 Å². The second kappa shape index (κ2) is 8.10. The summed E-state index contributed by atoms with van der Waals surface area (Å²) in [6.45, 7) is 1.51. The Morgan fingerprint density at radius 2 is 2.05 bits per heavy atom. The number of hydrogen-bond donors (Lipinski definition) is 2. The van der Waals surface area contributed by atoms with Crippen LogP contribution in [0.3, 0.4) is 0 Å². The lowest BCUT2D eigenvalue weighted by atomic mass is 10.2. The van der Waals surface area contributed by atoms with Crippen LogP contribution in [0.2, 0.25) is 0 Å². The lowest BCUT2D eigenvalue weighted by Gasteiger charge is -2.20. The Hall–Kier alpha value is -1.46. The number of rotatable bonds is 6. The van der Waals surface area contributed by atoms with E-state index in [1.54, 1.807) is 6.92 Å². The summed E-state index contributed by atoms with van der Waals surface area (Å²) in [5, 5.41) is 17.5. The maximum absolute atomic E-state index is 13.3. The van der Waals surface area contributed by atoms with E-state index in [0.717, 1.165) is 18.2 Å². The molecule has 21 heavy (non-hydrogen) atoms. The quantitative estimate of drug-likeness (QED) is 0.752. The maximum Gasteiger partial charge on any atom is 0.244 e. The van der Waals surface area contributed by atoms with Gasteiger partial charge in [0.1, 0.15) is 12.4 Å². The van der Waals surface area contributed by atoms with E-state index in [1.165, 1.54) is 4.31 Å². The summed E-state index contributed by atoms with van der Waals surface area (Å²) in [4.78, 5) is -0.107. The van der Waals surface area contributed by atoms with Crippen LogP contribution < -0.4 is 0 Å². The standard InChI is InChI=1S/C14H18FNO4S/c1-2-16(8-4-10-18)21(19,20)14-7-6-13(15)11-12(14)5-3-9-17/h6-7,11,17-18H,2,4,8-10H2,1H3. The molecule has 0 saturated carbocycles. The number of hydrogen-bond acceptors (Lipinski definition) is 4. The predicted molar refractivity (Wildman–Crippen MR) is 76.5 cm³/mol. The second-order valence-corrected chi connectivity index (χ2v) is 6.08. The maximum atomic E-state index is 13.3. The minimum absolute atomic E-state index is 0.00602. The van der Waals surface area contributed by atoms with Gasteiger partial charge in [0.25, 0.3) is 0 Å². The molecule has 1 aromatic carbocycles. The first-order chi connectivity index (χ1) is 9.97. The largest absolute Gasteiger partial charge is 0.396 e. The van der Waals surface area contributed by atoms with E-state index < -0.39 is 22.4 Å². The zero-order valence-corrected chi connectivity index (χ0v) is 12.5. The molecule has 0 radical (unpaired) electrons. The Balaban J connectivity index is 3.29. The molecule has 0 aliphatic carbocycles. The summed E-state index contributed by atoms with van der Waals surface area (Å²) in [7, 11) is -3.83. The van der Waals surface area contributed by atoms with Gasteiger partial charge in [0.2, 0.25) is 10.0 Å². The molecule has 0 bridgehead atoms. The fourth-order valence-electron chi connectivity index (χ4n) is 1.79. The Kier molecular flexibility index (Phi) is 6.78. The number of sulfonamides is 1. The van der Waals surface area contributed by atoms with E-state index in [-0.39, 0.29) is 30.2 Å². The van der Waals surface area contributed by atoms with E-state index in [1.807, 2.05) is 0 Å². The molecule has 0 spiro atoms. The molecule has 1 aromatic rings. The van der Waals surface area contributed by atoms with E-state index in [0.29, 0.717) is 6.42 Å². The van der Waals surface area contributed by atoms with Gasteiger partial charge < -0.3 is 10.2 Å². The van der Waals surface area contributed by atoms with Crippen molar-refractivity contribution in [3.63, 3.8) is 0 Å². The normalized spacial score (nSPS) is 11.3. The minimum Gasteiger partial charge on any atom is -0.396 e. The van der Waals surface area contributed by atoms with Crippen molar-refractivity contribution in [2.45, 2.75) is 18.2 Å². The van der Waals surface area contributed by atoms with E-state index in [2.05, 4.69) is 11.8 Å². The van der Waals surface area contributed by atoms with Crippen LogP contribution >= 0.6 is 0 Å². The Bertz CT molecular complexity index is 634. The molecule has 0 unspecified atom stereocenters. The first kappa shape index (κ1) is 17.6. The molecule has 0 aliphatic heterocycles. The van der Waals surface area contributed by atoms with Gasteiger partial charge in [-0.1, -0.05) is 18.8 Å². The minimum atomic E-state index is -3.83. The first-order valence-electron chi connectivity index (χ1n) is 6.47. The van der Waals surface area contributed by atoms with Crippen LogP contribution in [0, 0.1) is 17.7 Å². The molecule has 116 valence electrons. The summed E-state index contributed by atoms with van der Waals surface area (Å²) in [5.41, 5.74) is 0.00602. The molecule has 0 amide bonds. The zero-order chi connectivity index (χ0) is 15.9. The van der Waals surface area contributed by atoms with Gasteiger partial charge in [-0.25, -0.2) is 12.8 Å². The van der Waals surface area contributed by atoms with Gasteiger partial charge in [0, 0.05) is 25.3 Å². The van der Waals surface area contributed by atoms with Crippen LogP contribution in [0.5, 0.6) is 0 Å². The molecule has 0 atom stereocenters. The Morgan fingerprint density at radius 1 is 1.33 bits per heavy atom. The van der Waals surface area contributed by atoms with Crippen LogP contribution in [0.1, 0.15) is 18.9 Å². The van der Waals surface area contributed by atoms with Gasteiger partial charge >= 0.3 is 0 Å². The van der Waals surface area contributed by atoms with Gasteiger partial charge in [-0.15, -0.1) is 0 Å². The van der Waals surface area contributed by atoms with Crippen LogP contribution in [0.25, 0.3) is 0 Å². The van der Waals surface area contributed by atoms with Gasteiger partial charge in [-0.2, -0.15) is 4.31 Å². The molecule has 7 heteroatoms. The fraction of sp³-hybridized carbons (Fsp3) is 0.429. The smallest absolute Gasteiger partial charge is 0.244 e. The molecule has 1 rings (SSSR count). The molecule has 0 heterocycles. The van der Waals surface area contributed by atoms with Crippen LogP contribution in [-0.2, 0) is 10.0 Å². The van der Waals surface area contributed by atoms with Gasteiger partial charge in [0.05, 0.1) is 4.90 Å². The number of nitrogens with zero attached hydrogens (tertiary/aromatic N) is 1. The van der Waals surface area contributed by atoms with Crippen molar-refractivity contribution in [1.29, 1.82) is 0 Å². The number of benzene rings is 1. The molecule has 0 aliphatic rings. The van der Waals surface area contributed by atoms with E-state index in [4.69, 9.17) is 10.2 Å². The van der Waals surface area contributed by atoms with E-state index >= 15 is 0 Å². The topological polar surface area (TPSA) is 77.8 Å². The van der Waals surface area contributed by atoms with Crippen molar-refractivity contribution >= 4 is 10.0 Å². The van der Waals surface area contributed by atoms with Gasteiger partial charge in [-0.3, -0.25) is 0 Å². The fourth-order valence-corrected chi connectivity index (χ4v) is 3.41. The highest BCUT2D eigenvalue weighted by molar-refractivity contribution is 7.89. The van der Waals surface area contributed by atoms with Crippen molar-refractivity contribution in [1.82, 2.24) is 4.31 Å². The summed E-state index contributed by atoms with van der Waals surface area (Å²) >= 11 is 0. The Morgan fingerprint density at radius 3 is 2.62 bits per heavy atom. The molecule has 0 saturated heterocycles. The molecular weight excluding hydrogens is 297 g/mol. The summed E-state index contributed by atoms with van der Waals surface area (Å²) in [5.74, 6) is 4.17. The van der Waals surface area contributed by atoms with Crippen LogP contribution in [-0.4, -0.2) is 49.2 Å². The average Bonchev–Trinajstić information content (AvgIpc) is 2.45. The van der Waals surface area contributed by atoms with Crippen molar-refractivity contribution < 1.29 is 23.0 Å². The van der Waals surface area contributed by atoms with Gasteiger partial charge in [-0.05, 0) is 24.6 Å². The monoisotopic (exact) mass is 315 g/mol. The third kappa shape index (κ3) is 4.51. The molecule has 0 aromatic heterocycles. The van der Waals surface area contributed by atoms with Gasteiger partial charge in [0.15, 0.2) is 0 Å². The van der Waals surface area contributed by atoms with Crippen LogP contribution in [0.15, 0.2) is 23.1 Å².